The molecule has 1 aliphatic heterocycles. The number of fused-ring (bicyclic) bond motifs is 1. The lowest BCUT2D eigenvalue weighted by Crippen LogP contribution is -2.29. The summed E-state index contributed by atoms with van der Waals surface area (Å²) in [6.45, 7) is 1.26. The largest absolute Gasteiger partial charge is 0.310 e. The van der Waals surface area contributed by atoms with Gasteiger partial charge in [0.05, 0.1) is 0 Å². The van der Waals surface area contributed by atoms with Crippen LogP contribution in [0.25, 0.3) is 0 Å². The molecule has 0 fully saturated rings. The van der Waals surface area contributed by atoms with Gasteiger partial charge in [-0.3, -0.25) is 0 Å². The molecule has 2 heterocycles. The Kier molecular flexibility index (Phi) is 3.11. The Labute approximate surface area is 120 Å². The van der Waals surface area contributed by atoms with Crippen molar-refractivity contribution in [2.75, 3.05) is 11.4 Å². The highest BCUT2D eigenvalue weighted by Crippen LogP contribution is 2.30. The van der Waals surface area contributed by atoms with E-state index in [9.17, 15) is 13.2 Å². The number of halogens is 4. The van der Waals surface area contributed by atoms with Crippen molar-refractivity contribution in [1.82, 2.24) is 14.8 Å². The van der Waals surface area contributed by atoms with Gasteiger partial charge in [-0.05, 0) is 6.42 Å². The van der Waals surface area contributed by atoms with Gasteiger partial charge >= 0.3 is 0 Å². The molecule has 4 nitrogen and oxygen atoms in total. The smallest absolute Gasteiger partial charge is 0.229 e. The first-order valence-corrected chi connectivity index (χ1v) is 6.66. The van der Waals surface area contributed by atoms with Crippen molar-refractivity contribution in [3.05, 3.63) is 33.4 Å². The molecule has 19 heavy (non-hydrogen) atoms. The van der Waals surface area contributed by atoms with Crippen molar-refractivity contribution in [2.45, 2.75) is 13.0 Å². The fourth-order valence-electron chi connectivity index (χ4n) is 2.08. The van der Waals surface area contributed by atoms with E-state index in [1.807, 2.05) is 22.6 Å². The standard InChI is InChI=1S/C11H8F3IN4/c12-7-4-6(5-8(13)9(7)14)18-2-1-3-19-11(18)16-10(15)17-19/h4-5H,1-3H2. The van der Waals surface area contributed by atoms with Crippen LogP contribution in [-0.4, -0.2) is 21.3 Å². The molecule has 100 valence electrons. The summed E-state index contributed by atoms with van der Waals surface area (Å²) in [5, 5.41) is 4.18. The van der Waals surface area contributed by atoms with Crippen LogP contribution in [0.15, 0.2) is 12.1 Å². The zero-order valence-corrected chi connectivity index (χ0v) is 11.7. The Hall–Kier alpha value is -1.32. The molecule has 0 unspecified atom stereocenters. The Balaban J connectivity index is 2.08. The molecule has 0 saturated heterocycles. The Morgan fingerprint density at radius 3 is 2.47 bits per heavy atom. The molecular formula is C11H8F3IN4. The molecule has 0 atom stereocenters. The lowest BCUT2D eigenvalue weighted by molar-refractivity contribution is 0.446. The summed E-state index contributed by atoms with van der Waals surface area (Å²) in [5.41, 5.74) is 0.237. The number of nitrogens with zero attached hydrogens (tertiary/aromatic N) is 4. The van der Waals surface area contributed by atoms with Gasteiger partial charge in [0, 0.05) is 53.5 Å². The number of benzene rings is 1. The molecule has 1 aromatic carbocycles. The zero-order valence-electron chi connectivity index (χ0n) is 9.58. The van der Waals surface area contributed by atoms with E-state index in [1.54, 1.807) is 9.58 Å². The summed E-state index contributed by atoms with van der Waals surface area (Å²) in [6, 6.07) is 1.94. The predicted octanol–water partition coefficient (Wildman–Crippen LogP) is 2.84. The van der Waals surface area contributed by atoms with E-state index < -0.39 is 17.5 Å². The van der Waals surface area contributed by atoms with Crippen molar-refractivity contribution in [3.63, 3.8) is 0 Å². The first kappa shape index (κ1) is 12.7. The molecule has 0 spiro atoms. The summed E-state index contributed by atoms with van der Waals surface area (Å²) in [7, 11) is 0. The molecule has 0 bridgehead atoms. The second-order valence-electron chi connectivity index (χ2n) is 4.13. The number of anilines is 2. The molecule has 2 aromatic rings. The third-order valence-electron chi connectivity index (χ3n) is 2.90. The maximum absolute atomic E-state index is 13.3. The monoisotopic (exact) mass is 380 g/mol. The lowest BCUT2D eigenvalue weighted by Gasteiger charge is -2.27. The quantitative estimate of drug-likeness (QED) is 0.564. The Morgan fingerprint density at radius 1 is 1.11 bits per heavy atom. The van der Waals surface area contributed by atoms with E-state index in [2.05, 4.69) is 10.1 Å². The third kappa shape index (κ3) is 2.17. The van der Waals surface area contributed by atoms with Crippen molar-refractivity contribution in [3.8, 4) is 0 Å². The number of rotatable bonds is 1. The SMILES string of the molecule is Fc1cc(N2CCCn3nc(I)nc32)cc(F)c1F. The lowest BCUT2D eigenvalue weighted by atomic mass is 10.2. The van der Waals surface area contributed by atoms with Crippen LogP contribution in [0.5, 0.6) is 0 Å². The normalized spacial score (nSPS) is 14.6. The van der Waals surface area contributed by atoms with Gasteiger partial charge in [-0.25, -0.2) is 17.9 Å². The van der Waals surface area contributed by atoms with Crippen molar-refractivity contribution >= 4 is 34.2 Å². The maximum Gasteiger partial charge on any atom is 0.229 e. The van der Waals surface area contributed by atoms with Crippen molar-refractivity contribution < 1.29 is 13.2 Å². The molecule has 0 N–H and O–H groups in total. The minimum atomic E-state index is -1.46. The minimum absolute atomic E-state index is 0.237. The van der Waals surface area contributed by atoms with Gasteiger partial charge in [0.1, 0.15) is 0 Å². The Morgan fingerprint density at radius 2 is 1.79 bits per heavy atom. The highest BCUT2D eigenvalue weighted by atomic mass is 127. The number of hydrogen-bond donors (Lipinski definition) is 0. The van der Waals surface area contributed by atoms with Gasteiger partial charge < -0.3 is 4.90 Å². The van der Waals surface area contributed by atoms with Crippen LogP contribution in [0.4, 0.5) is 24.8 Å². The van der Waals surface area contributed by atoms with Crippen LogP contribution in [0.2, 0.25) is 0 Å². The second kappa shape index (κ2) is 4.66. The van der Waals surface area contributed by atoms with E-state index >= 15 is 0 Å². The van der Waals surface area contributed by atoms with Gasteiger partial charge in [0.25, 0.3) is 0 Å². The van der Waals surface area contributed by atoms with Crippen LogP contribution in [0.1, 0.15) is 6.42 Å². The van der Waals surface area contributed by atoms with E-state index in [-0.39, 0.29) is 5.69 Å². The first-order chi connectivity index (χ1) is 9.06. The molecule has 8 heteroatoms. The van der Waals surface area contributed by atoms with Gasteiger partial charge in [-0.1, -0.05) is 0 Å². The molecule has 1 aromatic heterocycles. The van der Waals surface area contributed by atoms with E-state index in [0.717, 1.165) is 18.6 Å². The number of hydrogen-bond acceptors (Lipinski definition) is 3. The third-order valence-corrected chi connectivity index (χ3v) is 3.36. The number of aryl methyl sites for hydroxylation is 1. The minimum Gasteiger partial charge on any atom is -0.310 e. The summed E-state index contributed by atoms with van der Waals surface area (Å²) in [6.07, 6.45) is 0.771. The zero-order chi connectivity index (χ0) is 13.6. The van der Waals surface area contributed by atoms with Gasteiger partial charge in [-0.15, -0.1) is 5.10 Å². The molecule has 3 rings (SSSR count). The van der Waals surface area contributed by atoms with Crippen LogP contribution < -0.4 is 4.90 Å². The average Bonchev–Trinajstić information content (AvgIpc) is 2.75. The van der Waals surface area contributed by atoms with E-state index in [1.165, 1.54) is 0 Å². The van der Waals surface area contributed by atoms with Crippen LogP contribution in [0, 0.1) is 21.3 Å². The predicted molar refractivity (Wildman–Crippen MR) is 70.7 cm³/mol. The summed E-state index contributed by atoms with van der Waals surface area (Å²) < 4.78 is 41.8. The van der Waals surface area contributed by atoms with Gasteiger partial charge in [0.2, 0.25) is 9.78 Å². The highest BCUT2D eigenvalue weighted by Gasteiger charge is 2.24. The molecular weight excluding hydrogens is 372 g/mol. The summed E-state index contributed by atoms with van der Waals surface area (Å²) >= 11 is 1.97. The van der Waals surface area contributed by atoms with Crippen LogP contribution >= 0.6 is 22.6 Å². The van der Waals surface area contributed by atoms with Gasteiger partial charge in [-0.2, -0.15) is 4.98 Å². The summed E-state index contributed by atoms with van der Waals surface area (Å²) in [4.78, 5) is 5.85. The molecule has 0 saturated carbocycles. The fourth-order valence-corrected chi connectivity index (χ4v) is 2.55. The van der Waals surface area contributed by atoms with Crippen molar-refractivity contribution in [1.29, 1.82) is 0 Å². The molecule has 0 aliphatic carbocycles. The Bertz CT molecular complexity index is 620. The summed E-state index contributed by atoms with van der Waals surface area (Å²) in [5.74, 6) is -3.36. The van der Waals surface area contributed by atoms with Crippen LogP contribution in [0.3, 0.4) is 0 Å². The molecule has 1 aliphatic rings. The number of aromatic nitrogens is 3. The van der Waals surface area contributed by atoms with E-state index in [0.29, 0.717) is 22.9 Å². The first-order valence-electron chi connectivity index (χ1n) is 5.58. The fraction of sp³-hybridized carbons (Fsp3) is 0.273. The molecule has 0 radical (unpaired) electrons. The molecule has 0 amide bonds. The topological polar surface area (TPSA) is 34.0 Å². The maximum atomic E-state index is 13.3. The second-order valence-corrected chi connectivity index (χ2v) is 5.10. The van der Waals surface area contributed by atoms with Crippen molar-refractivity contribution in [2.24, 2.45) is 0 Å². The van der Waals surface area contributed by atoms with Crippen LogP contribution in [-0.2, 0) is 6.54 Å². The average molecular weight is 380 g/mol. The highest BCUT2D eigenvalue weighted by molar-refractivity contribution is 14.1. The van der Waals surface area contributed by atoms with E-state index in [4.69, 9.17) is 0 Å². The van der Waals surface area contributed by atoms with Gasteiger partial charge in [0.15, 0.2) is 17.5 Å².